The summed E-state index contributed by atoms with van der Waals surface area (Å²) >= 11 is 0. The van der Waals surface area contributed by atoms with Gasteiger partial charge in [0.1, 0.15) is 29.6 Å². The molecular formula is C23H31FN3O10P. The zero-order valence-corrected chi connectivity index (χ0v) is 22.1. The Kier molecular flexibility index (Phi) is 9.29. The molecule has 2 heterocycles. The van der Waals surface area contributed by atoms with E-state index in [1.807, 2.05) is 0 Å². The number of aliphatic hydroxyl groups is 2. The number of benzene rings is 1. The van der Waals surface area contributed by atoms with Crippen LogP contribution < -0.4 is 20.9 Å². The molecule has 1 aromatic carbocycles. The summed E-state index contributed by atoms with van der Waals surface area (Å²) in [6.07, 6.45) is -5.00. The van der Waals surface area contributed by atoms with E-state index in [1.54, 1.807) is 44.0 Å². The van der Waals surface area contributed by atoms with Gasteiger partial charge in [-0.05, 0) is 39.3 Å². The number of aromatic amines is 1. The zero-order chi connectivity index (χ0) is 28.3. The number of halogens is 1. The van der Waals surface area contributed by atoms with E-state index < -0.39 is 73.6 Å². The van der Waals surface area contributed by atoms with Gasteiger partial charge in [-0.1, -0.05) is 25.1 Å². The maximum Gasteiger partial charge on any atom is 0.459 e. The Labute approximate surface area is 217 Å². The number of ether oxygens (including phenoxy) is 2. The van der Waals surface area contributed by atoms with Crippen molar-refractivity contribution >= 4 is 13.7 Å². The van der Waals surface area contributed by atoms with E-state index >= 15 is 0 Å². The fourth-order valence-corrected chi connectivity index (χ4v) is 5.31. The first-order chi connectivity index (χ1) is 17.8. The lowest BCUT2D eigenvalue weighted by Gasteiger charge is -2.32. The van der Waals surface area contributed by atoms with Crippen molar-refractivity contribution in [2.75, 3.05) is 6.61 Å². The maximum absolute atomic E-state index is 13.9. The summed E-state index contributed by atoms with van der Waals surface area (Å²) in [6.45, 7) is 5.60. The van der Waals surface area contributed by atoms with Gasteiger partial charge in [0.15, 0.2) is 6.23 Å². The van der Waals surface area contributed by atoms with Crippen LogP contribution in [0.25, 0.3) is 0 Å². The highest BCUT2D eigenvalue weighted by Gasteiger charge is 2.55. The van der Waals surface area contributed by atoms with Crippen LogP contribution in [0.2, 0.25) is 0 Å². The van der Waals surface area contributed by atoms with Crippen LogP contribution in [0.1, 0.15) is 40.3 Å². The fraction of sp³-hybridized carbons (Fsp3) is 0.522. The lowest BCUT2D eigenvalue weighted by Crippen LogP contribution is -2.47. The number of rotatable bonds is 11. The Bertz CT molecular complexity index is 1290. The molecule has 1 aliphatic heterocycles. The number of hydrogen-bond donors (Lipinski definition) is 4. The van der Waals surface area contributed by atoms with E-state index in [0.29, 0.717) is 10.8 Å². The quantitative estimate of drug-likeness (QED) is 0.230. The first-order valence-corrected chi connectivity index (χ1v) is 13.4. The second-order valence-corrected chi connectivity index (χ2v) is 10.7. The molecule has 13 nitrogen and oxygen atoms in total. The first kappa shape index (κ1) is 29.7. The van der Waals surface area contributed by atoms with E-state index in [9.17, 15) is 33.6 Å². The molecule has 38 heavy (non-hydrogen) atoms. The highest BCUT2D eigenvalue weighted by atomic mass is 31.2. The van der Waals surface area contributed by atoms with Gasteiger partial charge in [0.25, 0.3) is 5.56 Å². The summed E-state index contributed by atoms with van der Waals surface area (Å²) in [5, 5.41) is 24.0. The summed E-state index contributed by atoms with van der Waals surface area (Å²) in [6, 6.07) is 6.81. The van der Waals surface area contributed by atoms with Gasteiger partial charge in [-0.25, -0.2) is 9.36 Å². The monoisotopic (exact) mass is 559 g/mol. The van der Waals surface area contributed by atoms with Crippen molar-refractivity contribution in [1.82, 2.24) is 14.6 Å². The number of nitrogens with zero attached hydrogens (tertiary/aromatic N) is 1. The Morgan fingerprint density at radius 3 is 2.53 bits per heavy atom. The summed E-state index contributed by atoms with van der Waals surface area (Å²) in [5.41, 5.74) is -4.10. The van der Waals surface area contributed by atoms with Crippen molar-refractivity contribution in [2.24, 2.45) is 0 Å². The molecule has 0 radical (unpaired) electrons. The molecule has 1 saturated heterocycles. The number of para-hydroxylation sites is 1. The van der Waals surface area contributed by atoms with E-state index in [4.69, 9.17) is 18.5 Å². The number of hydrogen-bond acceptors (Lipinski definition) is 10. The van der Waals surface area contributed by atoms with Crippen LogP contribution in [-0.4, -0.2) is 62.3 Å². The number of carbonyl (C=O) groups is 1. The summed E-state index contributed by atoms with van der Waals surface area (Å²) in [7, 11) is -4.36. The first-order valence-electron chi connectivity index (χ1n) is 11.8. The smallest absolute Gasteiger partial charge is 0.459 e. The van der Waals surface area contributed by atoms with Crippen LogP contribution in [0.5, 0.6) is 5.75 Å². The topological polar surface area (TPSA) is 178 Å². The fourth-order valence-electron chi connectivity index (χ4n) is 3.76. The number of carbonyl (C=O) groups excluding carboxylic acids is 1. The van der Waals surface area contributed by atoms with Gasteiger partial charge in [-0.3, -0.25) is 23.7 Å². The van der Waals surface area contributed by atoms with Crippen LogP contribution >= 0.6 is 7.75 Å². The SMILES string of the molecule is CC[C@]1(COP(=O)(N[C@@H](C)C(=O)OC(C)C)Oc2ccccc2)O[C@@H](n2cc(F)c(=O)[nH]c2=O)[C@H](O)[C@@H]1O. The molecule has 0 saturated carbocycles. The largest absolute Gasteiger partial charge is 0.462 e. The average molecular weight is 559 g/mol. The molecule has 1 aromatic heterocycles. The Morgan fingerprint density at radius 1 is 1.26 bits per heavy atom. The molecule has 6 atom stereocenters. The molecular weight excluding hydrogens is 528 g/mol. The molecule has 1 unspecified atom stereocenters. The number of esters is 1. The van der Waals surface area contributed by atoms with Gasteiger partial charge < -0.3 is 24.2 Å². The highest BCUT2D eigenvalue weighted by Crippen LogP contribution is 2.48. The summed E-state index contributed by atoms with van der Waals surface area (Å²) < 4.78 is 50.3. The van der Waals surface area contributed by atoms with Gasteiger partial charge >= 0.3 is 19.4 Å². The Hall–Kier alpha value is -2.87. The van der Waals surface area contributed by atoms with Crippen molar-refractivity contribution in [3.8, 4) is 5.75 Å². The third-order valence-corrected chi connectivity index (χ3v) is 7.44. The lowest BCUT2D eigenvalue weighted by molar-refractivity contribution is -0.149. The van der Waals surface area contributed by atoms with Crippen LogP contribution in [0.4, 0.5) is 4.39 Å². The van der Waals surface area contributed by atoms with Crippen molar-refractivity contribution in [2.45, 2.75) is 70.3 Å². The molecule has 4 N–H and O–H groups in total. The third kappa shape index (κ3) is 6.57. The molecule has 1 aliphatic rings. The zero-order valence-electron chi connectivity index (χ0n) is 21.2. The van der Waals surface area contributed by atoms with Crippen LogP contribution in [-0.2, 0) is 23.4 Å². The molecule has 3 rings (SSSR count). The van der Waals surface area contributed by atoms with Crippen molar-refractivity contribution in [1.29, 1.82) is 0 Å². The van der Waals surface area contributed by atoms with E-state index in [0.717, 1.165) is 0 Å². The Balaban J connectivity index is 1.88. The average Bonchev–Trinajstić information content (AvgIpc) is 3.11. The molecule has 15 heteroatoms. The van der Waals surface area contributed by atoms with Crippen LogP contribution in [0.3, 0.4) is 0 Å². The minimum absolute atomic E-state index is 0.0292. The van der Waals surface area contributed by atoms with Gasteiger partial charge in [0.2, 0.25) is 5.82 Å². The molecule has 0 bridgehead atoms. The molecule has 210 valence electrons. The van der Waals surface area contributed by atoms with E-state index in [1.165, 1.54) is 19.1 Å². The van der Waals surface area contributed by atoms with Crippen LogP contribution in [0, 0.1) is 5.82 Å². The normalized spacial score (nSPS) is 25.6. The maximum atomic E-state index is 13.9. The predicted molar refractivity (Wildman–Crippen MR) is 131 cm³/mol. The van der Waals surface area contributed by atoms with Gasteiger partial charge in [-0.2, -0.15) is 9.48 Å². The van der Waals surface area contributed by atoms with Crippen molar-refractivity contribution in [3.05, 3.63) is 63.2 Å². The number of H-pyrrole nitrogens is 1. The lowest BCUT2D eigenvalue weighted by atomic mass is 9.93. The number of aromatic nitrogens is 2. The summed E-state index contributed by atoms with van der Waals surface area (Å²) in [5.74, 6) is -1.90. The van der Waals surface area contributed by atoms with Gasteiger partial charge in [0.05, 0.1) is 18.9 Å². The van der Waals surface area contributed by atoms with Crippen LogP contribution in [0.15, 0.2) is 46.1 Å². The molecule has 2 aromatic rings. The Morgan fingerprint density at radius 2 is 1.92 bits per heavy atom. The summed E-state index contributed by atoms with van der Waals surface area (Å²) in [4.78, 5) is 37.7. The second kappa shape index (κ2) is 11.9. The third-order valence-electron chi connectivity index (χ3n) is 5.81. The van der Waals surface area contributed by atoms with Crippen molar-refractivity contribution < 1.29 is 42.5 Å². The minimum Gasteiger partial charge on any atom is -0.462 e. The van der Waals surface area contributed by atoms with Gasteiger partial charge in [0, 0.05) is 0 Å². The molecule has 1 fully saturated rings. The number of nitrogens with one attached hydrogen (secondary N) is 2. The molecule has 0 aliphatic carbocycles. The highest BCUT2D eigenvalue weighted by molar-refractivity contribution is 7.52. The van der Waals surface area contributed by atoms with Gasteiger partial charge in [-0.15, -0.1) is 0 Å². The second-order valence-electron chi connectivity index (χ2n) is 9.02. The van der Waals surface area contributed by atoms with Crippen molar-refractivity contribution in [3.63, 3.8) is 0 Å². The predicted octanol–water partition coefficient (Wildman–Crippen LogP) is 1.21. The minimum atomic E-state index is -4.36. The standard InChI is InChI=1S/C23H31FN3O10P/c1-5-23(18(29)17(28)20(36-23)27-11-16(24)19(30)25-22(27)32)12-34-38(33,37-15-9-7-6-8-10-15)26-14(4)21(31)35-13(2)3/h6-11,13-14,17-18,20,28-29H,5,12H2,1-4H3,(H,26,33)(H,25,30,32)/t14-,17+,18-,20+,23+,38?/m0/s1. The van der Waals surface area contributed by atoms with E-state index in [-0.39, 0.29) is 12.2 Å². The van der Waals surface area contributed by atoms with E-state index in [2.05, 4.69) is 5.09 Å². The molecule has 0 amide bonds. The molecule has 0 spiro atoms. The number of aliphatic hydroxyl groups excluding tert-OH is 2.